The Labute approximate surface area is 122 Å². The zero-order valence-corrected chi connectivity index (χ0v) is 11.7. The molecule has 0 saturated carbocycles. The number of nitrogens with zero attached hydrogens (tertiary/aromatic N) is 3. The van der Waals surface area contributed by atoms with E-state index in [1.807, 2.05) is 36.2 Å². The molecule has 1 aromatic heterocycles. The smallest absolute Gasteiger partial charge is 0.170 e. The van der Waals surface area contributed by atoms with Gasteiger partial charge in [-0.1, -0.05) is 35.0 Å². The zero-order chi connectivity index (χ0) is 14.5. The second kappa shape index (κ2) is 6.25. The maximum atomic E-state index is 8.70. The Morgan fingerprint density at radius 3 is 2.95 bits per heavy atom. The van der Waals surface area contributed by atoms with Crippen molar-refractivity contribution in [1.82, 2.24) is 4.98 Å². The number of amidine groups is 1. The van der Waals surface area contributed by atoms with Crippen molar-refractivity contribution in [1.29, 1.82) is 0 Å². The predicted octanol–water partition coefficient (Wildman–Crippen LogP) is 2.47. The van der Waals surface area contributed by atoms with Gasteiger partial charge in [0.15, 0.2) is 5.84 Å². The summed E-state index contributed by atoms with van der Waals surface area (Å²) in [5.41, 5.74) is 8.20. The average molecular weight is 291 g/mol. The molecule has 0 fully saturated rings. The second-order valence-corrected chi connectivity index (χ2v) is 4.78. The molecule has 1 heterocycles. The summed E-state index contributed by atoms with van der Waals surface area (Å²) in [4.78, 5) is 5.97. The van der Waals surface area contributed by atoms with Gasteiger partial charge in [0.2, 0.25) is 0 Å². The molecule has 0 unspecified atom stereocenters. The van der Waals surface area contributed by atoms with Gasteiger partial charge in [-0.15, -0.1) is 0 Å². The van der Waals surface area contributed by atoms with Crippen molar-refractivity contribution in [2.75, 3.05) is 11.9 Å². The van der Waals surface area contributed by atoms with Gasteiger partial charge in [-0.3, -0.25) is 4.98 Å². The molecule has 0 aliphatic rings. The first-order valence-electron chi connectivity index (χ1n) is 5.99. The van der Waals surface area contributed by atoms with Crippen molar-refractivity contribution in [3.8, 4) is 0 Å². The highest BCUT2D eigenvalue weighted by Gasteiger charge is 2.07. The molecule has 0 aliphatic carbocycles. The number of rotatable bonds is 4. The highest BCUT2D eigenvalue weighted by atomic mass is 35.5. The van der Waals surface area contributed by atoms with Gasteiger partial charge in [0.25, 0.3) is 0 Å². The van der Waals surface area contributed by atoms with Crippen molar-refractivity contribution in [3.05, 3.63) is 58.9 Å². The summed E-state index contributed by atoms with van der Waals surface area (Å²) in [5.74, 6) is 0.0939. The van der Waals surface area contributed by atoms with E-state index in [1.165, 1.54) is 0 Å². The van der Waals surface area contributed by atoms with E-state index in [9.17, 15) is 0 Å². The summed E-state index contributed by atoms with van der Waals surface area (Å²) < 4.78 is 0. The van der Waals surface area contributed by atoms with Gasteiger partial charge in [0, 0.05) is 31.5 Å². The van der Waals surface area contributed by atoms with Crippen LogP contribution in [0.1, 0.15) is 11.1 Å². The van der Waals surface area contributed by atoms with Crippen molar-refractivity contribution in [3.63, 3.8) is 0 Å². The summed E-state index contributed by atoms with van der Waals surface area (Å²) in [6, 6.07) is 9.36. The van der Waals surface area contributed by atoms with E-state index in [-0.39, 0.29) is 5.84 Å². The van der Waals surface area contributed by atoms with E-state index >= 15 is 0 Å². The van der Waals surface area contributed by atoms with Crippen LogP contribution < -0.4 is 10.6 Å². The molecule has 0 saturated heterocycles. The zero-order valence-electron chi connectivity index (χ0n) is 11.0. The molecule has 3 N–H and O–H groups in total. The van der Waals surface area contributed by atoms with Crippen LogP contribution in [0, 0.1) is 0 Å². The lowest BCUT2D eigenvalue weighted by molar-refractivity contribution is 0.318. The lowest BCUT2D eigenvalue weighted by atomic mass is 10.1. The average Bonchev–Trinajstić information content (AvgIpc) is 2.47. The molecule has 20 heavy (non-hydrogen) atoms. The lowest BCUT2D eigenvalue weighted by Crippen LogP contribution is -2.18. The van der Waals surface area contributed by atoms with Gasteiger partial charge in [-0.05, 0) is 17.7 Å². The first kappa shape index (κ1) is 14.1. The molecule has 0 atom stereocenters. The van der Waals surface area contributed by atoms with Crippen LogP contribution in [0.25, 0.3) is 0 Å². The number of hydrogen-bond acceptors (Lipinski definition) is 4. The van der Waals surface area contributed by atoms with E-state index in [1.54, 1.807) is 18.5 Å². The minimum Gasteiger partial charge on any atom is -0.409 e. The minimum absolute atomic E-state index is 0.0939. The van der Waals surface area contributed by atoms with Gasteiger partial charge >= 0.3 is 0 Å². The SMILES string of the molecule is CN(Cc1cccc(C(N)=NO)c1)c1ccncc1Cl. The summed E-state index contributed by atoms with van der Waals surface area (Å²) in [6.07, 6.45) is 3.31. The Morgan fingerprint density at radius 2 is 2.25 bits per heavy atom. The fraction of sp³-hybridized carbons (Fsp3) is 0.143. The van der Waals surface area contributed by atoms with Gasteiger partial charge in [-0.2, -0.15) is 0 Å². The minimum atomic E-state index is 0.0939. The number of halogens is 1. The molecule has 2 aromatic rings. The van der Waals surface area contributed by atoms with Gasteiger partial charge in [0.1, 0.15) is 0 Å². The van der Waals surface area contributed by atoms with Gasteiger partial charge in [0.05, 0.1) is 10.7 Å². The number of hydrogen-bond donors (Lipinski definition) is 2. The standard InChI is InChI=1S/C14H15ClN4O/c1-19(13-5-6-17-8-12(13)15)9-10-3-2-4-11(7-10)14(16)18-20/h2-8,20H,9H2,1H3,(H2,16,18). The van der Waals surface area contributed by atoms with Crippen molar-refractivity contribution in [2.45, 2.75) is 6.54 Å². The third kappa shape index (κ3) is 3.19. The van der Waals surface area contributed by atoms with E-state index in [4.69, 9.17) is 22.5 Å². The normalized spacial score (nSPS) is 11.4. The molecule has 5 nitrogen and oxygen atoms in total. The predicted molar refractivity (Wildman–Crippen MR) is 80.3 cm³/mol. The number of nitrogens with two attached hydrogens (primary N) is 1. The fourth-order valence-corrected chi connectivity index (χ4v) is 2.19. The van der Waals surface area contributed by atoms with Crippen LogP contribution in [0.5, 0.6) is 0 Å². The number of benzene rings is 1. The van der Waals surface area contributed by atoms with Crippen LogP contribution in [-0.2, 0) is 6.54 Å². The van der Waals surface area contributed by atoms with Crippen LogP contribution >= 0.6 is 11.6 Å². The lowest BCUT2D eigenvalue weighted by Gasteiger charge is -2.20. The maximum Gasteiger partial charge on any atom is 0.170 e. The molecule has 0 bridgehead atoms. The highest BCUT2D eigenvalue weighted by molar-refractivity contribution is 6.33. The van der Waals surface area contributed by atoms with Crippen LogP contribution in [-0.4, -0.2) is 23.1 Å². The first-order chi connectivity index (χ1) is 9.61. The third-order valence-electron chi connectivity index (χ3n) is 2.91. The Kier molecular flexibility index (Phi) is 4.42. The number of aromatic nitrogens is 1. The molecular weight excluding hydrogens is 276 g/mol. The van der Waals surface area contributed by atoms with Crippen LogP contribution in [0.2, 0.25) is 5.02 Å². The highest BCUT2D eigenvalue weighted by Crippen LogP contribution is 2.24. The monoisotopic (exact) mass is 290 g/mol. The Hall–Kier alpha value is -2.27. The molecule has 2 rings (SSSR count). The fourth-order valence-electron chi connectivity index (χ4n) is 1.92. The van der Waals surface area contributed by atoms with Crippen LogP contribution in [0.15, 0.2) is 47.9 Å². The maximum absolute atomic E-state index is 8.70. The van der Waals surface area contributed by atoms with Crippen molar-refractivity contribution < 1.29 is 5.21 Å². The Balaban J connectivity index is 2.20. The summed E-state index contributed by atoms with van der Waals surface area (Å²) >= 11 is 6.11. The quantitative estimate of drug-likeness (QED) is 0.393. The van der Waals surface area contributed by atoms with Gasteiger partial charge < -0.3 is 15.8 Å². The summed E-state index contributed by atoms with van der Waals surface area (Å²) in [6.45, 7) is 0.649. The largest absolute Gasteiger partial charge is 0.409 e. The number of oxime groups is 1. The van der Waals surface area contributed by atoms with E-state index in [0.717, 1.165) is 11.3 Å². The molecule has 104 valence electrons. The molecule has 0 spiro atoms. The number of pyridine rings is 1. The summed E-state index contributed by atoms with van der Waals surface area (Å²) in [5, 5.41) is 12.3. The molecule has 0 aliphatic heterocycles. The third-order valence-corrected chi connectivity index (χ3v) is 3.20. The second-order valence-electron chi connectivity index (χ2n) is 4.37. The van der Waals surface area contributed by atoms with Crippen molar-refractivity contribution in [2.24, 2.45) is 10.9 Å². The Morgan fingerprint density at radius 1 is 1.45 bits per heavy atom. The molecule has 6 heteroatoms. The van der Waals surface area contributed by atoms with E-state index in [2.05, 4.69) is 10.1 Å². The Bertz CT molecular complexity index is 630. The van der Waals surface area contributed by atoms with E-state index < -0.39 is 0 Å². The molecule has 0 amide bonds. The number of anilines is 1. The molecule has 0 radical (unpaired) electrons. The topological polar surface area (TPSA) is 74.7 Å². The van der Waals surface area contributed by atoms with Crippen molar-refractivity contribution >= 4 is 23.1 Å². The molecule has 1 aromatic carbocycles. The molecular formula is C14H15ClN4O. The summed E-state index contributed by atoms with van der Waals surface area (Å²) in [7, 11) is 1.94. The van der Waals surface area contributed by atoms with Crippen LogP contribution in [0.3, 0.4) is 0 Å². The van der Waals surface area contributed by atoms with E-state index in [0.29, 0.717) is 17.1 Å². The van der Waals surface area contributed by atoms with Gasteiger partial charge in [-0.25, -0.2) is 0 Å². The first-order valence-corrected chi connectivity index (χ1v) is 6.37. The van der Waals surface area contributed by atoms with Crippen LogP contribution in [0.4, 0.5) is 5.69 Å².